The quantitative estimate of drug-likeness (QED) is 0.543. The van der Waals surface area contributed by atoms with Gasteiger partial charge in [-0.25, -0.2) is 4.79 Å². The lowest BCUT2D eigenvalue weighted by Crippen LogP contribution is -2.56. The number of nitrogens with one attached hydrogen (secondary N) is 3. The van der Waals surface area contributed by atoms with Crippen LogP contribution in [0.5, 0.6) is 0 Å². The SMILES string of the molecule is Nc1ccc(C(=O)NC2CCNC(=O)N2)cc1. The van der Waals surface area contributed by atoms with E-state index in [1.54, 1.807) is 24.3 Å². The number of hydrogen-bond donors (Lipinski definition) is 4. The third-order valence-electron chi connectivity index (χ3n) is 2.50. The highest BCUT2D eigenvalue weighted by molar-refractivity contribution is 5.95. The van der Waals surface area contributed by atoms with Crippen LogP contribution in [0.15, 0.2) is 24.3 Å². The Morgan fingerprint density at radius 3 is 2.71 bits per heavy atom. The normalized spacial score (nSPS) is 19.1. The standard InChI is InChI=1S/C11H14N4O2/c12-8-3-1-7(2-4-8)10(16)14-9-5-6-13-11(17)15-9/h1-4,9H,5-6,12H2,(H,14,16)(H2,13,15,17). The minimum Gasteiger partial charge on any atom is -0.399 e. The van der Waals surface area contributed by atoms with Crippen molar-refractivity contribution in [3.8, 4) is 0 Å². The molecule has 1 aliphatic rings. The van der Waals surface area contributed by atoms with Crippen molar-refractivity contribution < 1.29 is 9.59 Å². The van der Waals surface area contributed by atoms with Gasteiger partial charge in [0.15, 0.2) is 0 Å². The van der Waals surface area contributed by atoms with Gasteiger partial charge >= 0.3 is 6.03 Å². The van der Waals surface area contributed by atoms with Crippen LogP contribution in [0, 0.1) is 0 Å². The van der Waals surface area contributed by atoms with Crippen molar-refractivity contribution in [1.29, 1.82) is 0 Å². The Hall–Kier alpha value is -2.24. The number of rotatable bonds is 2. The zero-order valence-corrected chi connectivity index (χ0v) is 9.19. The van der Waals surface area contributed by atoms with E-state index in [0.29, 0.717) is 24.2 Å². The summed E-state index contributed by atoms with van der Waals surface area (Å²) in [7, 11) is 0. The summed E-state index contributed by atoms with van der Waals surface area (Å²) in [5.74, 6) is -0.225. The minimum atomic E-state index is -0.325. The molecule has 5 N–H and O–H groups in total. The average molecular weight is 234 g/mol. The summed E-state index contributed by atoms with van der Waals surface area (Å²) in [6.45, 7) is 0.554. The number of carbonyl (C=O) groups is 2. The minimum absolute atomic E-state index is 0.225. The number of nitrogens with two attached hydrogens (primary N) is 1. The molecule has 0 spiro atoms. The van der Waals surface area contributed by atoms with Crippen LogP contribution in [0.4, 0.5) is 10.5 Å². The van der Waals surface area contributed by atoms with Crippen LogP contribution < -0.4 is 21.7 Å². The molecule has 0 saturated carbocycles. The molecule has 17 heavy (non-hydrogen) atoms. The van der Waals surface area contributed by atoms with Gasteiger partial charge < -0.3 is 21.7 Å². The van der Waals surface area contributed by atoms with Crippen molar-refractivity contribution in [3.63, 3.8) is 0 Å². The van der Waals surface area contributed by atoms with Gasteiger partial charge in [-0.3, -0.25) is 4.79 Å². The molecule has 1 atom stereocenters. The molecule has 0 aromatic heterocycles. The first-order valence-corrected chi connectivity index (χ1v) is 5.36. The van der Waals surface area contributed by atoms with E-state index >= 15 is 0 Å². The van der Waals surface area contributed by atoms with Gasteiger partial charge in [-0.1, -0.05) is 0 Å². The van der Waals surface area contributed by atoms with E-state index < -0.39 is 0 Å². The lowest BCUT2D eigenvalue weighted by Gasteiger charge is -2.25. The van der Waals surface area contributed by atoms with Crippen molar-refractivity contribution in [2.45, 2.75) is 12.6 Å². The molecular weight excluding hydrogens is 220 g/mol. The summed E-state index contributed by atoms with van der Waals surface area (Å²) in [6, 6.07) is 6.35. The lowest BCUT2D eigenvalue weighted by molar-refractivity contribution is 0.0926. The Kier molecular flexibility index (Phi) is 3.13. The van der Waals surface area contributed by atoms with E-state index in [1.807, 2.05) is 0 Å². The lowest BCUT2D eigenvalue weighted by atomic mass is 10.2. The van der Waals surface area contributed by atoms with E-state index in [0.717, 1.165) is 0 Å². The first-order valence-electron chi connectivity index (χ1n) is 5.36. The largest absolute Gasteiger partial charge is 0.399 e. The Balaban J connectivity index is 1.96. The molecule has 0 bridgehead atoms. The van der Waals surface area contributed by atoms with Crippen molar-refractivity contribution in [2.24, 2.45) is 0 Å². The molecule has 1 aromatic rings. The predicted molar refractivity (Wildman–Crippen MR) is 63.3 cm³/mol. The van der Waals surface area contributed by atoms with Crippen LogP contribution in [0.25, 0.3) is 0 Å². The smallest absolute Gasteiger partial charge is 0.316 e. The summed E-state index contributed by atoms with van der Waals surface area (Å²) in [5.41, 5.74) is 6.66. The molecule has 90 valence electrons. The molecule has 0 radical (unpaired) electrons. The third-order valence-corrected chi connectivity index (χ3v) is 2.50. The Labute approximate surface area is 98.6 Å². The fourth-order valence-electron chi connectivity index (χ4n) is 1.60. The van der Waals surface area contributed by atoms with E-state index in [2.05, 4.69) is 16.0 Å². The second kappa shape index (κ2) is 4.73. The van der Waals surface area contributed by atoms with E-state index in [-0.39, 0.29) is 18.1 Å². The highest BCUT2D eigenvalue weighted by Crippen LogP contribution is 2.06. The van der Waals surface area contributed by atoms with E-state index in [4.69, 9.17) is 5.73 Å². The molecule has 0 aliphatic carbocycles. The molecule has 1 aromatic carbocycles. The Morgan fingerprint density at radius 2 is 2.06 bits per heavy atom. The average Bonchev–Trinajstić information content (AvgIpc) is 2.29. The maximum Gasteiger partial charge on any atom is 0.316 e. The van der Waals surface area contributed by atoms with Gasteiger partial charge in [0.05, 0.1) is 0 Å². The van der Waals surface area contributed by atoms with Gasteiger partial charge in [0.25, 0.3) is 5.91 Å². The molecule has 3 amide bonds. The number of anilines is 1. The van der Waals surface area contributed by atoms with Gasteiger partial charge in [0.2, 0.25) is 0 Å². The van der Waals surface area contributed by atoms with Gasteiger partial charge in [0, 0.05) is 24.2 Å². The number of amides is 3. The van der Waals surface area contributed by atoms with Gasteiger partial charge in [-0.05, 0) is 24.3 Å². The summed E-state index contributed by atoms with van der Waals surface area (Å²) in [4.78, 5) is 22.9. The van der Waals surface area contributed by atoms with Crippen LogP contribution in [-0.4, -0.2) is 24.6 Å². The molecule has 1 aliphatic heterocycles. The summed E-state index contributed by atoms with van der Waals surface area (Å²) >= 11 is 0. The summed E-state index contributed by atoms with van der Waals surface area (Å²) < 4.78 is 0. The van der Waals surface area contributed by atoms with E-state index in [1.165, 1.54) is 0 Å². The third kappa shape index (κ3) is 2.87. The van der Waals surface area contributed by atoms with Crippen molar-refractivity contribution in [2.75, 3.05) is 12.3 Å². The summed E-state index contributed by atoms with van der Waals surface area (Å²) in [5, 5.41) is 7.97. The highest BCUT2D eigenvalue weighted by Gasteiger charge is 2.19. The van der Waals surface area contributed by atoms with Crippen LogP contribution >= 0.6 is 0 Å². The first kappa shape index (κ1) is 11.3. The van der Waals surface area contributed by atoms with Crippen LogP contribution in [0.2, 0.25) is 0 Å². The molecule has 2 rings (SSSR count). The number of urea groups is 1. The molecule has 6 heteroatoms. The highest BCUT2D eigenvalue weighted by atomic mass is 16.2. The number of benzene rings is 1. The Morgan fingerprint density at radius 1 is 1.35 bits per heavy atom. The fourth-order valence-corrected chi connectivity index (χ4v) is 1.60. The van der Waals surface area contributed by atoms with Gasteiger partial charge in [-0.2, -0.15) is 0 Å². The fraction of sp³-hybridized carbons (Fsp3) is 0.273. The maximum absolute atomic E-state index is 11.8. The predicted octanol–water partition coefficient (Wildman–Crippen LogP) is 0.0276. The maximum atomic E-state index is 11.8. The molecule has 1 saturated heterocycles. The monoisotopic (exact) mass is 234 g/mol. The second-order valence-corrected chi connectivity index (χ2v) is 3.84. The zero-order chi connectivity index (χ0) is 12.3. The van der Waals surface area contributed by atoms with Crippen molar-refractivity contribution in [1.82, 2.24) is 16.0 Å². The zero-order valence-electron chi connectivity index (χ0n) is 9.19. The van der Waals surface area contributed by atoms with Gasteiger partial charge in [-0.15, -0.1) is 0 Å². The number of nitrogen functional groups attached to an aromatic ring is 1. The molecule has 1 heterocycles. The number of hydrogen-bond acceptors (Lipinski definition) is 3. The van der Waals surface area contributed by atoms with Crippen molar-refractivity contribution in [3.05, 3.63) is 29.8 Å². The van der Waals surface area contributed by atoms with Gasteiger partial charge in [0.1, 0.15) is 6.17 Å². The molecule has 1 fully saturated rings. The second-order valence-electron chi connectivity index (χ2n) is 3.84. The van der Waals surface area contributed by atoms with Crippen LogP contribution in [-0.2, 0) is 0 Å². The molecule has 6 nitrogen and oxygen atoms in total. The molecular formula is C11H14N4O2. The first-order chi connectivity index (χ1) is 8.15. The molecule has 1 unspecified atom stereocenters. The topological polar surface area (TPSA) is 96.2 Å². The van der Waals surface area contributed by atoms with Crippen molar-refractivity contribution >= 4 is 17.6 Å². The summed E-state index contributed by atoms with van der Waals surface area (Å²) in [6.07, 6.45) is 0.334. The van der Waals surface area contributed by atoms with Crippen LogP contribution in [0.3, 0.4) is 0 Å². The number of carbonyl (C=O) groups excluding carboxylic acids is 2. The Bertz CT molecular complexity index is 430. The van der Waals surface area contributed by atoms with E-state index in [9.17, 15) is 9.59 Å². The van der Waals surface area contributed by atoms with Crippen LogP contribution in [0.1, 0.15) is 16.8 Å².